The first kappa shape index (κ1) is 13.6. The number of para-hydroxylation sites is 1. The second kappa shape index (κ2) is 5.88. The minimum absolute atomic E-state index is 0.102. The van der Waals surface area contributed by atoms with Crippen molar-refractivity contribution >= 4 is 17.4 Å². The normalized spacial score (nSPS) is 11.2. The number of anilines is 1. The fourth-order valence-electron chi connectivity index (χ4n) is 1.70. The molecule has 5 heteroatoms. The van der Waals surface area contributed by atoms with Gasteiger partial charge in [-0.05, 0) is 30.7 Å². The second-order valence-corrected chi connectivity index (χ2v) is 4.19. The molecule has 0 unspecified atom stereocenters. The predicted octanol–water partition coefficient (Wildman–Crippen LogP) is 2.29. The zero-order valence-electron chi connectivity index (χ0n) is 10.8. The van der Waals surface area contributed by atoms with E-state index in [1.54, 1.807) is 37.3 Å². The highest BCUT2D eigenvalue weighted by Crippen LogP contribution is 2.15. The van der Waals surface area contributed by atoms with Gasteiger partial charge >= 0.3 is 5.97 Å². The lowest BCUT2D eigenvalue weighted by atomic mass is 10.1. The van der Waals surface area contributed by atoms with Crippen LogP contribution in [0, 0.1) is 0 Å². The van der Waals surface area contributed by atoms with Gasteiger partial charge in [0.1, 0.15) is 0 Å². The summed E-state index contributed by atoms with van der Waals surface area (Å²) in [5.74, 6) is -1.10. The first-order valence-electron chi connectivity index (χ1n) is 5.98. The molecule has 0 bridgehead atoms. The maximum Gasteiger partial charge on any atom is 0.335 e. The average molecular weight is 269 g/mol. The van der Waals surface area contributed by atoms with E-state index < -0.39 is 5.97 Å². The summed E-state index contributed by atoms with van der Waals surface area (Å²) in [7, 11) is 0. The summed E-state index contributed by atoms with van der Waals surface area (Å²) in [6.07, 6.45) is 0. The molecule has 2 aromatic rings. The number of nitrogens with one attached hydrogen (secondary N) is 1. The molecule has 20 heavy (non-hydrogen) atoms. The lowest BCUT2D eigenvalue weighted by Crippen LogP contribution is -2.05. The third-order valence-electron chi connectivity index (χ3n) is 2.74. The summed E-state index contributed by atoms with van der Waals surface area (Å²) in [6, 6.07) is 12.9. The zero-order chi connectivity index (χ0) is 14.5. The third kappa shape index (κ3) is 3.14. The monoisotopic (exact) mass is 269 g/mol. The van der Waals surface area contributed by atoms with E-state index in [0.717, 1.165) is 0 Å². The van der Waals surface area contributed by atoms with Crippen molar-refractivity contribution in [1.82, 2.24) is 0 Å². The molecule has 0 saturated heterocycles. The van der Waals surface area contributed by atoms with Crippen molar-refractivity contribution in [2.45, 2.75) is 6.92 Å². The van der Waals surface area contributed by atoms with Crippen LogP contribution in [0.25, 0.3) is 0 Å². The molecule has 102 valence electrons. The molecule has 2 aromatic carbocycles. The number of aromatic carboxylic acids is 1. The van der Waals surface area contributed by atoms with Crippen molar-refractivity contribution in [1.29, 1.82) is 0 Å². The Kier molecular flexibility index (Phi) is 4.00. The van der Waals surface area contributed by atoms with Crippen molar-refractivity contribution in [3.05, 3.63) is 59.7 Å². The van der Waals surface area contributed by atoms with Crippen LogP contribution in [-0.2, 0) is 0 Å². The minimum atomic E-state index is -1.00. The number of hydrogen-bond donors (Lipinski definition) is 2. The SMILES string of the molecule is C/C(=N\Nc1cccc(C(=O)O)c1)c1ccccc1[O-]. The highest BCUT2D eigenvalue weighted by atomic mass is 16.4. The highest BCUT2D eigenvalue weighted by Gasteiger charge is 2.03. The van der Waals surface area contributed by atoms with Gasteiger partial charge in [-0.25, -0.2) is 4.79 Å². The Hall–Kier alpha value is -2.82. The summed E-state index contributed by atoms with van der Waals surface area (Å²) in [5, 5.41) is 24.6. The Balaban J connectivity index is 2.19. The van der Waals surface area contributed by atoms with E-state index in [2.05, 4.69) is 10.5 Å². The van der Waals surface area contributed by atoms with Crippen molar-refractivity contribution in [2.75, 3.05) is 5.43 Å². The van der Waals surface area contributed by atoms with Crippen LogP contribution >= 0.6 is 0 Å². The van der Waals surface area contributed by atoms with Gasteiger partial charge in [0.2, 0.25) is 0 Å². The number of carbonyl (C=O) groups is 1. The van der Waals surface area contributed by atoms with E-state index in [4.69, 9.17) is 5.11 Å². The molecule has 0 aliphatic carbocycles. The molecule has 0 fully saturated rings. The Bertz CT molecular complexity index is 666. The van der Waals surface area contributed by atoms with E-state index >= 15 is 0 Å². The molecule has 0 aliphatic heterocycles. The first-order chi connectivity index (χ1) is 9.58. The van der Waals surface area contributed by atoms with Gasteiger partial charge in [-0.1, -0.05) is 36.1 Å². The molecule has 2 N–H and O–H groups in total. The lowest BCUT2D eigenvalue weighted by molar-refractivity contribution is -0.268. The van der Waals surface area contributed by atoms with Crippen LogP contribution in [0.4, 0.5) is 5.69 Å². The summed E-state index contributed by atoms with van der Waals surface area (Å²) >= 11 is 0. The quantitative estimate of drug-likeness (QED) is 0.658. The molecule has 0 aliphatic rings. The van der Waals surface area contributed by atoms with E-state index in [1.807, 2.05) is 0 Å². The van der Waals surface area contributed by atoms with Crippen LogP contribution in [0.3, 0.4) is 0 Å². The summed E-state index contributed by atoms with van der Waals surface area (Å²) in [5.41, 5.74) is 4.52. The zero-order valence-corrected chi connectivity index (χ0v) is 10.8. The fraction of sp³-hybridized carbons (Fsp3) is 0.0667. The van der Waals surface area contributed by atoms with Gasteiger partial charge in [0, 0.05) is 0 Å². The van der Waals surface area contributed by atoms with Crippen molar-refractivity contribution in [3.63, 3.8) is 0 Å². The van der Waals surface area contributed by atoms with Crippen LogP contribution < -0.4 is 10.5 Å². The molecule has 0 amide bonds. The summed E-state index contributed by atoms with van der Waals surface area (Å²) < 4.78 is 0. The summed E-state index contributed by atoms with van der Waals surface area (Å²) in [6.45, 7) is 1.71. The maximum atomic E-state index is 11.6. The number of carboxylic acid groups (broad SMARTS) is 1. The van der Waals surface area contributed by atoms with E-state index in [1.165, 1.54) is 18.2 Å². The smallest absolute Gasteiger partial charge is 0.335 e. The molecular formula is C15H13N2O3-. The Morgan fingerprint density at radius 2 is 1.95 bits per heavy atom. The number of nitrogens with zero attached hydrogens (tertiary/aromatic N) is 1. The Morgan fingerprint density at radius 3 is 2.65 bits per heavy atom. The van der Waals surface area contributed by atoms with Crippen LogP contribution in [0.15, 0.2) is 53.6 Å². The van der Waals surface area contributed by atoms with Gasteiger partial charge in [0.25, 0.3) is 0 Å². The lowest BCUT2D eigenvalue weighted by Gasteiger charge is -2.12. The molecule has 0 aromatic heterocycles. The van der Waals surface area contributed by atoms with Crippen molar-refractivity contribution < 1.29 is 15.0 Å². The van der Waals surface area contributed by atoms with Crippen LogP contribution in [0.5, 0.6) is 5.75 Å². The van der Waals surface area contributed by atoms with Gasteiger partial charge in [0.05, 0.1) is 17.0 Å². The number of hydrazone groups is 1. The topological polar surface area (TPSA) is 84.8 Å². The van der Waals surface area contributed by atoms with E-state index in [0.29, 0.717) is 17.0 Å². The minimum Gasteiger partial charge on any atom is -0.872 e. The Morgan fingerprint density at radius 1 is 1.20 bits per heavy atom. The second-order valence-electron chi connectivity index (χ2n) is 4.19. The number of rotatable bonds is 4. The third-order valence-corrected chi connectivity index (χ3v) is 2.74. The number of hydrogen-bond acceptors (Lipinski definition) is 4. The average Bonchev–Trinajstić information content (AvgIpc) is 2.45. The molecule has 0 atom stereocenters. The molecule has 0 radical (unpaired) electrons. The molecule has 2 rings (SSSR count). The summed E-state index contributed by atoms with van der Waals surface area (Å²) in [4.78, 5) is 10.9. The van der Waals surface area contributed by atoms with Gasteiger partial charge < -0.3 is 10.2 Å². The van der Waals surface area contributed by atoms with Crippen LogP contribution in [0.1, 0.15) is 22.8 Å². The van der Waals surface area contributed by atoms with Crippen LogP contribution in [-0.4, -0.2) is 16.8 Å². The predicted molar refractivity (Wildman–Crippen MR) is 75.1 cm³/mol. The standard InChI is InChI=1S/C15H14N2O3/c1-10(13-7-2-3-8-14(13)18)16-17-12-6-4-5-11(9-12)15(19)20/h2-9,17-18H,1H3,(H,19,20)/p-1/b16-10+. The largest absolute Gasteiger partial charge is 0.872 e. The number of carboxylic acids is 1. The van der Waals surface area contributed by atoms with Crippen LogP contribution in [0.2, 0.25) is 0 Å². The van der Waals surface area contributed by atoms with E-state index in [9.17, 15) is 9.90 Å². The molecular weight excluding hydrogens is 256 g/mol. The molecule has 0 saturated carbocycles. The highest BCUT2D eigenvalue weighted by molar-refractivity contribution is 6.01. The van der Waals surface area contributed by atoms with E-state index in [-0.39, 0.29) is 11.3 Å². The number of benzene rings is 2. The first-order valence-corrected chi connectivity index (χ1v) is 5.98. The Labute approximate surface area is 116 Å². The molecule has 0 heterocycles. The van der Waals surface area contributed by atoms with Gasteiger partial charge in [-0.3, -0.25) is 5.43 Å². The van der Waals surface area contributed by atoms with Gasteiger partial charge in [-0.2, -0.15) is 5.10 Å². The maximum absolute atomic E-state index is 11.6. The van der Waals surface area contributed by atoms with Crippen molar-refractivity contribution in [2.24, 2.45) is 5.10 Å². The van der Waals surface area contributed by atoms with Gasteiger partial charge in [0.15, 0.2) is 0 Å². The molecule has 5 nitrogen and oxygen atoms in total. The fourth-order valence-corrected chi connectivity index (χ4v) is 1.70. The van der Waals surface area contributed by atoms with Gasteiger partial charge in [-0.15, -0.1) is 0 Å². The van der Waals surface area contributed by atoms with Crippen molar-refractivity contribution in [3.8, 4) is 5.75 Å². The molecule has 0 spiro atoms.